The van der Waals surface area contributed by atoms with Crippen LogP contribution in [-0.4, -0.2) is 36.2 Å². The maximum Gasteiger partial charge on any atom is 0.339 e. The van der Waals surface area contributed by atoms with Gasteiger partial charge in [-0.25, -0.2) is 4.79 Å². The second kappa shape index (κ2) is 6.84. The van der Waals surface area contributed by atoms with Gasteiger partial charge in [-0.3, -0.25) is 4.79 Å². The Labute approximate surface area is 145 Å². The highest BCUT2D eigenvalue weighted by atomic mass is 16.5. The minimum absolute atomic E-state index is 0.141. The average molecular weight is 344 g/mol. The third-order valence-corrected chi connectivity index (χ3v) is 4.31. The number of hydrogen-bond acceptors (Lipinski definition) is 5. The minimum atomic E-state index is -1.31. The van der Waals surface area contributed by atoms with Gasteiger partial charge in [0.2, 0.25) is 0 Å². The van der Waals surface area contributed by atoms with Crippen molar-refractivity contribution < 1.29 is 29.3 Å². The van der Waals surface area contributed by atoms with Crippen molar-refractivity contribution >= 4 is 11.8 Å². The van der Waals surface area contributed by atoms with Crippen LogP contribution in [0.1, 0.15) is 43.0 Å². The van der Waals surface area contributed by atoms with Crippen LogP contribution < -0.4 is 9.47 Å². The van der Waals surface area contributed by atoms with Crippen LogP contribution in [0.2, 0.25) is 0 Å². The summed E-state index contributed by atoms with van der Waals surface area (Å²) in [6.45, 7) is 5.45. The molecule has 0 unspecified atom stereocenters. The zero-order valence-corrected chi connectivity index (χ0v) is 14.8. The summed E-state index contributed by atoms with van der Waals surface area (Å²) in [5, 5.41) is 18.8. The van der Waals surface area contributed by atoms with Crippen LogP contribution in [0.3, 0.4) is 0 Å². The number of methoxy groups -OCH3 is 2. The van der Waals surface area contributed by atoms with Gasteiger partial charge in [0.25, 0.3) is 0 Å². The molecule has 0 aliphatic rings. The third kappa shape index (κ3) is 3.03. The van der Waals surface area contributed by atoms with Crippen molar-refractivity contribution in [3.63, 3.8) is 0 Å². The molecule has 132 valence electrons. The van der Waals surface area contributed by atoms with E-state index in [2.05, 4.69) is 0 Å². The fourth-order valence-corrected chi connectivity index (χ4v) is 2.92. The molecule has 2 N–H and O–H groups in total. The average Bonchev–Trinajstić information content (AvgIpc) is 2.58. The third-order valence-electron chi connectivity index (χ3n) is 4.31. The van der Waals surface area contributed by atoms with Crippen LogP contribution in [0, 0.1) is 20.8 Å². The number of carbonyl (C=O) groups excluding carboxylic acids is 1. The smallest absolute Gasteiger partial charge is 0.339 e. The van der Waals surface area contributed by atoms with Crippen LogP contribution in [0.25, 0.3) is 0 Å². The van der Waals surface area contributed by atoms with Crippen molar-refractivity contribution in [2.45, 2.75) is 20.8 Å². The van der Waals surface area contributed by atoms with E-state index in [1.165, 1.54) is 26.4 Å². The Morgan fingerprint density at radius 3 is 2.00 bits per heavy atom. The fourth-order valence-electron chi connectivity index (χ4n) is 2.92. The molecular formula is C19H20O6. The summed E-state index contributed by atoms with van der Waals surface area (Å²) in [5.41, 5.74) is 2.36. The highest BCUT2D eigenvalue weighted by molar-refractivity contribution is 6.13. The van der Waals surface area contributed by atoms with Crippen molar-refractivity contribution in [2.75, 3.05) is 14.2 Å². The van der Waals surface area contributed by atoms with Crippen molar-refractivity contribution in [1.82, 2.24) is 0 Å². The SMILES string of the molecule is COc1c(C)c(C)c(OC)c(C(=O)c2ccc(O)c(C(=O)O)c2)c1C. The van der Waals surface area contributed by atoms with E-state index < -0.39 is 17.5 Å². The van der Waals surface area contributed by atoms with Crippen LogP contribution in [0.15, 0.2) is 18.2 Å². The largest absolute Gasteiger partial charge is 0.507 e. The molecule has 0 aliphatic heterocycles. The number of carboxylic acids is 1. The quantitative estimate of drug-likeness (QED) is 0.809. The second-order valence-corrected chi connectivity index (χ2v) is 5.68. The van der Waals surface area contributed by atoms with Gasteiger partial charge in [-0.15, -0.1) is 0 Å². The second-order valence-electron chi connectivity index (χ2n) is 5.68. The number of ether oxygens (including phenoxy) is 2. The van der Waals surface area contributed by atoms with Crippen LogP contribution in [0.5, 0.6) is 17.2 Å². The molecule has 6 heteroatoms. The first kappa shape index (κ1) is 18.3. The number of hydrogen-bond donors (Lipinski definition) is 2. The first-order chi connectivity index (χ1) is 11.7. The fraction of sp³-hybridized carbons (Fsp3) is 0.263. The molecule has 0 heterocycles. The van der Waals surface area contributed by atoms with Gasteiger partial charge in [0.15, 0.2) is 5.78 Å². The maximum absolute atomic E-state index is 13.1. The van der Waals surface area contributed by atoms with Crippen molar-refractivity contribution in [3.8, 4) is 17.2 Å². The highest BCUT2D eigenvalue weighted by Crippen LogP contribution is 2.39. The first-order valence-electron chi connectivity index (χ1n) is 7.57. The number of carboxylic acid groups (broad SMARTS) is 1. The molecule has 0 fully saturated rings. The maximum atomic E-state index is 13.1. The van der Waals surface area contributed by atoms with E-state index in [0.29, 0.717) is 22.6 Å². The molecule has 2 aromatic rings. The molecule has 0 spiro atoms. The molecule has 6 nitrogen and oxygen atoms in total. The zero-order chi connectivity index (χ0) is 18.9. The molecule has 0 amide bonds. The van der Waals surface area contributed by atoms with Gasteiger partial charge in [0.1, 0.15) is 22.8 Å². The van der Waals surface area contributed by atoms with Gasteiger partial charge in [0, 0.05) is 11.1 Å². The summed E-state index contributed by atoms with van der Waals surface area (Å²) < 4.78 is 10.9. The van der Waals surface area contributed by atoms with E-state index in [-0.39, 0.29) is 11.1 Å². The van der Waals surface area contributed by atoms with E-state index in [0.717, 1.165) is 17.2 Å². The van der Waals surface area contributed by atoms with E-state index in [1.807, 2.05) is 13.8 Å². The number of benzene rings is 2. The topological polar surface area (TPSA) is 93.1 Å². The molecule has 2 rings (SSSR count). The molecule has 0 bridgehead atoms. The summed E-state index contributed by atoms with van der Waals surface area (Å²) in [4.78, 5) is 24.3. The molecular weight excluding hydrogens is 324 g/mol. The Morgan fingerprint density at radius 2 is 1.48 bits per heavy atom. The summed E-state index contributed by atoms with van der Waals surface area (Å²) >= 11 is 0. The van der Waals surface area contributed by atoms with Gasteiger partial charge in [-0.05, 0) is 50.1 Å². The lowest BCUT2D eigenvalue weighted by molar-refractivity contribution is 0.0693. The molecule has 0 saturated heterocycles. The molecule has 0 radical (unpaired) electrons. The number of carbonyl (C=O) groups is 2. The van der Waals surface area contributed by atoms with Crippen molar-refractivity contribution in [2.24, 2.45) is 0 Å². The summed E-state index contributed by atoms with van der Waals surface area (Å²) in [5.74, 6) is -1.11. The van der Waals surface area contributed by atoms with Gasteiger partial charge < -0.3 is 19.7 Å². The lowest BCUT2D eigenvalue weighted by Crippen LogP contribution is -2.11. The van der Waals surface area contributed by atoms with E-state index in [1.54, 1.807) is 6.92 Å². The Bertz CT molecular complexity index is 867. The lowest BCUT2D eigenvalue weighted by atomic mass is 9.91. The van der Waals surface area contributed by atoms with Gasteiger partial charge in [-0.1, -0.05) is 0 Å². The summed E-state index contributed by atoms with van der Waals surface area (Å²) in [7, 11) is 3.00. The number of phenols is 1. The monoisotopic (exact) mass is 344 g/mol. The number of ketones is 1. The van der Waals surface area contributed by atoms with Crippen molar-refractivity contribution in [1.29, 1.82) is 0 Å². The Morgan fingerprint density at radius 1 is 0.920 bits per heavy atom. The standard InChI is InChI=1S/C19H20O6/c1-9-10(2)18(25-5)15(11(3)17(9)24-4)16(21)12-6-7-14(20)13(8-12)19(22)23/h6-8,20H,1-5H3,(H,22,23). The van der Waals surface area contributed by atoms with Crippen LogP contribution in [-0.2, 0) is 0 Å². The minimum Gasteiger partial charge on any atom is -0.507 e. The van der Waals surface area contributed by atoms with Gasteiger partial charge in [0.05, 0.1) is 19.8 Å². The molecule has 0 aromatic heterocycles. The predicted molar refractivity (Wildman–Crippen MR) is 92.3 cm³/mol. The normalized spacial score (nSPS) is 10.4. The van der Waals surface area contributed by atoms with Crippen LogP contribution >= 0.6 is 0 Å². The Balaban J connectivity index is 2.74. The zero-order valence-electron chi connectivity index (χ0n) is 14.8. The number of rotatable bonds is 5. The Hall–Kier alpha value is -3.02. The van der Waals surface area contributed by atoms with Gasteiger partial charge in [-0.2, -0.15) is 0 Å². The van der Waals surface area contributed by atoms with Crippen LogP contribution in [0.4, 0.5) is 0 Å². The number of aromatic hydroxyl groups is 1. The van der Waals surface area contributed by atoms with E-state index >= 15 is 0 Å². The highest BCUT2D eigenvalue weighted by Gasteiger charge is 2.25. The lowest BCUT2D eigenvalue weighted by Gasteiger charge is -2.20. The number of aromatic carboxylic acids is 1. The Kier molecular flexibility index (Phi) is 5.02. The van der Waals surface area contributed by atoms with Gasteiger partial charge >= 0.3 is 5.97 Å². The van der Waals surface area contributed by atoms with Crippen molar-refractivity contribution in [3.05, 3.63) is 51.6 Å². The molecule has 2 aromatic carbocycles. The molecule has 25 heavy (non-hydrogen) atoms. The van der Waals surface area contributed by atoms with E-state index in [9.17, 15) is 14.7 Å². The molecule has 0 saturated carbocycles. The van der Waals surface area contributed by atoms with E-state index in [4.69, 9.17) is 14.6 Å². The summed E-state index contributed by atoms with van der Waals surface area (Å²) in [6, 6.07) is 3.72. The predicted octanol–water partition coefficient (Wildman–Crippen LogP) is 3.26. The summed E-state index contributed by atoms with van der Waals surface area (Å²) in [6.07, 6.45) is 0. The molecule has 0 atom stereocenters. The molecule has 0 aliphatic carbocycles. The first-order valence-corrected chi connectivity index (χ1v) is 7.57.